The van der Waals surface area contributed by atoms with Crippen molar-refractivity contribution in [3.63, 3.8) is 0 Å². The topological polar surface area (TPSA) is 83.6 Å². The first-order valence-corrected chi connectivity index (χ1v) is 7.94. The van der Waals surface area contributed by atoms with Crippen molar-refractivity contribution >= 4 is 29.0 Å². The number of tetrazole rings is 1. The van der Waals surface area contributed by atoms with Gasteiger partial charge in [0.2, 0.25) is 0 Å². The molecular formula is C11H13N5OS2. The van der Waals surface area contributed by atoms with Crippen molar-refractivity contribution in [1.82, 2.24) is 25.9 Å². The summed E-state index contributed by atoms with van der Waals surface area (Å²) in [6.07, 6.45) is 1.07. The van der Waals surface area contributed by atoms with Crippen molar-refractivity contribution in [2.45, 2.75) is 25.1 Å². The lowest BCUT2D eigenvalue weighted by Gasteiger charge is -2.08. The summed E-state index contributed by atoms with van der Waals surface area (Å²) in [4.78, 5) is 14.3. The second-order valence-corrected chi connectivity index (χ2v) is 6.57. The van der Waals surface area contributed by atoms with Gasteiger partial charge in [-0.05, 0) is 30.7 Å². The van der Waals surface area contributed by atoms with Crippen molar-refractivity contribution < 1.29 is 4.79 Å². The smallest absolute Gasteiger partial charge is 0.261 e. The number of carbonyl (C=O) groups is 1. The molecule has 2 N–H and O–H groups in total. The molecule has 0 spiro atoms. The van der Waals surface area contributed by atoms with Crippen LogP contribution in [0.25, 0.3) is 0 Å². The Hall–Kier alpha value is -1.41. The molecular weight excluding hydrogens is 282 g/mol. The van der Waals surface area contributed by atoms with Gasteiger partial charge in [-0.25, -0.2) is 0 Å². The maximum Gasteiger partial charge on any atom is 0.261 e. The molecule has 0 aliphatic carbocycles. The number of thiophene rings is 1. The maximum atomic E-state index is 12.2. The Morgan fingerprint density at radius 1 is 1.58 bits per heavy atom. The summed E-state index contributed by atoms with van der Waals surface area (Å²) in [5.41, 5.74) is 1.30. The number of carbonyl (C=O) groups excluding carboxylic acids is 1. The summed E-state index contributed by atoms with van der Waals surface area (Å²) in [5, 5.41) is 16.5. The van der Waals surface area contributed by atoms with E-state index in [1.165, 1.54) is 10.4 Å². The zero-order valence-corrected chi connectivity index (χ0v) is 12.0. The monoisotopic (exact) mass is 295 g/mol. The number of rotatable bonds is 3. The molecule has 0 aromatic carbocycles. The molecule has 1 amide bonds. The van der Waals surface area contributed by atoms with Crippen molar-refractivity contribution in [2.75, 3.05) is 5.75 Å². The number of nitrogens with zero attached hydrogens (tertiary/aromatic N) is 3. The molecule has 6 nitrogen and oxygen atoms in total. The van der Waals surface area contributed by atoms with E-state index in [2.05, 4.69) is 25.9 Å². The lowest BCUT2D eigenvalue weighted by Crippen LogP contribution is -2.26. The Balaban J connectivity index is 1.72. The minimum Gasteiger partial charge on any atom is -0.341 e. The molecule has 0 saturated carbocycles. The minimum atomic E-state index is -0.250. The predicted molar refractivity (Wildman–Crippen MR) is 74.2 cm³/mol. The Bertz CT molecular complexity index is 556. The molecule has 19 heavy (non-hydrogen) atoms. The third kappa shape index (κ3) is 2.64. The summed E-state index contributed by atoms with van der Waals surface area (Å²) >= 11 is 3.51. The van der Waals surface area contributed by atoms with Gasteiger partial charge < -0.3 is 5.32 Å². The van der Waals surface area contributed by atoms with Crippen LogP contribution < -0.4 is 5.32 Å². The summed E-state index contributed by atoms with van der Waals surface area (Å²) < 4.78 is 0. The summed E-state index contributed by atoms with van der Waals surface area (Å²) in [5.74, 6) is 2.58. The van der Waals surface area contributed by atoms with E-state index in [1.54, 1.807) is 11.3 Å². The highest BCUT2D eigenvalue weighted by Crippen LogP contribution is 2.31. The molecule has 3 rings (SSSR count). The average Bonchev–Trinajstić information content (AvgIpc) is 3.07. The fourth-order valence-corrected chi connectivity index (χ4v) is 4.22. The van der Waals surface area contributed by atoms with Gasteiger partial charge in [-0.15, -0.1) is 21.5 Å². The Morgan fingerprint density at radius 2 is 2.47 bits per heavy atom. The van der Waals surface area contributed by atoms with E-state index < -0.39 is 0 Å². The highest BCUT2D eigenvalue weighted by atomic mass is 32.2. The number of aromatic nitrogens is 4. The highest BCUT2D eigenvalue weighted by molar-refractivity contribution is 7.98. The molecule has 0 radical (unpaired) electrons. The number of fused-ring (bicyclic) bond motifs is 1. The molecule has 1 atom stereocenters. The van der Waals surface area contributed by atoms with Crippen molar-refractivity contribution in [3.8, 4) is 0 Å². The van der Waals surface area contributed by atoms with E-state index in [9.17, 15) is 4.79 Å². The predicted octanol–water partition coefficient (Wildman–Crippen LogP) is 1.54. The molecule has 0 bridgehead atoms. The SMILES string of the molecule is CC(NC(=O)c1cc2c(s1)CCSC2)c1nn[nH]n1. The summed E-state index contributed by atoms with van der Waals surface area (Å²) in [6.45, 7) is 1.84. The second kappa shape index (κ2) is 5.30. The van der Waals surface area contributed by atoms with Gasteiger partial charge in [-0.3, -0.25) is 4.79 Å². The quantitative estimate of drug-likeness (QED) is 0.897. The van der Waals surface area contributed by atoms with E-state index in [0.29, 0.717) is 5.82 Å². The molecule has 3 heterocycles. The Morgan fingerprint density at radius 3 is 3.21 bits per heavy atom. The van der Waals surface area contributed by atoms with Crippen LogP contribution >= 0.6 is 23.1 Å². The second-order valence-electron chi connectivity index (χ2n) is 4.33. The van der Waals surface area contributed by atoms with Crippen molar-refractivity contribution in [3.05, 3.63) is 27.2 Å². The molecule has 2 aromatic heterocycles. The van der Waals surface area contributed by atoms with Crippen LogP contribution in [0.2, 0.25) is 0 Å². The van der Waals surface area contributed by atoms with E-state index in [0.717, 1.165) is 22.8 Å². The van der Waals surface area contributed by atoms with Gasteiger partial charge in [-0.1, -0.05) is 5.21 Å². The Kier molecular flexibility index (Phi) is 3.52. The first-order valence-electron chi connectivity index (χ1n) is 5.97. The van der Waals surface area contributed by atoms with Crippen molar-refractivity contribution in [1.29, 1.82) is 0 Å². The Labute approximate surface area is 118 Å². The van der Waals surface area contributed by atoms with Gasteiger partial charge in [0.15, 0.2) is 5.82 Å². The van der Waals surface area contributed by atoms with Crippen LogP contribution in [0.4, 0.5) is 0 Å². The fraction of sp³-hybridized carbons (Fsp3) is 0.455. The van der Waals surface area contributed by atoms with E-state index in [1.807, 2.05) is 24.8 Å². The third-order valence-electron chi connectivity index (χ3n) is 2.95. The zero-order valence-electron chi connectivity index (χ0n) is 10.3. The largest absolute Gasteiger partial charge is 0.341 e. The standard InChI is InChI=1S/C11H13N5OS2/c1-6(10-13-15-16-14-10)12-11(17)9-4-7-5-18-3-2-8(7)19-9/h4,6H,2-3,5H2,1H3,(H,12,17)(H,13,14,15,16). The van der Waals surface area contributed by atoms with Gasteiger partial charge in [0.25, 0.3) is 5.91 Å². The van der Waals surface area contributed by atoms with Crippen LogP contribution in [0.15, 0.2) is 6.07 Å². The van der Waals surface area contributed by atoms with Crippen LogP contribution in [-0.2, 0) is 12.2 Å². The number of hydrogen-bond donors (Lipinski definition) is 2. The van der Waals surface area contributed by atoms with Gasteiger partial charge >= 0.3 is 0 Å². The molecule has 1 aliphatic heterocycles. The number of thioether (sulfide) groups is 1. The van der Waals surface area contributed by atoms with Gasteiger partial charge in [0.05, 0.1) is 10.9 Å². The minimum absolute atomic E-state index is 0.0679. The molecule has 8 heteroatoms. The zero-order chi connectivity index (χ0) is 13.2. The maximum absolute atomic E-state index is 12.2. The molecule has 100 valence electrons. The number of nitrogens with one attached hydrogen (secondary N) is 2. The van der Waals surface area contributed by atoms with Gasteiger partial charge in [0, 0.05) is 10.6 Å². The number of aryl methyl sites for hydroxylation is 1. The first kappa shape index (κ1) is 12.6. The van der Waals surface area contributed by atoms with Crippen LogP contribution in [0.5, 0.6) is 0 Å². The average molecular weight is 295 g/mol. The highest BCUT2D eigenvalue weighted by Gasteiger charge is 2.20. The van der Waals surface area contributed by atoms with Crippen LogP contribution in [0.1, 0.15) is 38.9 Å². The van der Waals surface area contributed by atoms with E-state index in [4.69, 9.17) is 0 Å². The lowest BCUT2D eigenvalue weighted by atomic mass is 10.2. The first-order chi connectivity index (χ1) is 9.24. The van der Waals surface area contributed by atoms with Crippen LogP contribution in [0.3, 0.4) is 0 Å². The number of amides is 1. The number of H-pyrrole nitrogens is 1. The summed E-state index contributed by atoms with van der Waals surface area (Å²) in [6, 6.07) is 1.75. The van der Waals surface area contributed by atoms with Gasteiger partial charge in [0.1, 0.15) is 0 Å². The third-order valence-corrected chi connectivity index (χ3v) is 5.19. The van der Waals surface area contributed by atoms with Crippen molar-refractivity contribution in [2.24, 2.45) is 0 Å². The number of hydrogen-bond acceptors (Lipinski definition) is 6. The normalized spacial score (nSPS) is 15.8. The van der Waals surface area contributed by atoms with Gasteiger partial charge in [-0.2, -0.15) is 17.0 Å². The molecule has 2 aromatic rings. The number of aromatic amines is 1. The molecule has 1 aliphatic rings. The van der Waals surface area contributed by atoms with Crippen LogP contribution in [0, 0.1) is 0 Å². The summed E-state index contributed by atoms with van der Waals surface area (Å²) in [7, 11) is 0. The molecule has 0 saturated heterocycles. The lowest BCUT2D eigenvalue weighted by molar-refractivity contribution is 0.0942. The van der Waals surface area contributed by atoms with Crippen LogP contribution in [-0.4, -0.2) is 32.3 Å². The fourth-order valence-electron chi connectivity index (χ4n) is 1.94. The molecule has 1 unspecified atom stereocenters. The van der Waals surface area contributed by atoms with E-state index in [-0.39, 0.29) is 11.9 Å². The van der Waals surface area contributed by atoms with E-state index >= 15 is 0 Å². The molecule has 0 fully saturated rings.